The van der Waals surface area contributed by atoms with Crippen LogP contribution in [0.4, 0.5) is 0 Å². The lowest BCUT2D eigenvalue weighted by Gasteiger charge is -2.04. The molecule has 2 atom stereocenters. The van der Waals surface area contributed by atoms with Gasteiger partial charge in [0.05, 0.1) is 6.61 Å². The highest BCUT2D eigenvalue weighted by molar-refractivity contribution is 5.83. The van der Waals surface area contributed by atoms with E-state index < -0.39 is 6.10 Å². The Bertz CT molecular complexity index is 525. The van der Waals surface area contributed by atoms with Crippen LogP contribution >= 0.6 is 0 Å². The quantitative estimate of drug-likeness (QED) is 0.824. The van der Waals surface area contributed by atoms with Crippen molar-refractivity contribution in [2.45, 2.75) is 19.1 Å². The molecular weight excluding hydrogens is 220 g/mol. The van der Waals surface area contributed by atoms with Gasteiger partial charge < -0.3 is 19.0 Å². The maximum Gasteiger partial charge on any atom is 0.176 e. The molecule has 0 spiro atoms. The van der Waals surface area contributed by atoms with Crippen LogP contribution in [0, 0.1) is 0 Å². The summed E-state index contributed by atoms with van der Waals surface area (Å²) in [6.45, 7) is 2.99. The Morgan fingerprint density at radius 2 is 2.35 bits per heavy atom. The fourth-order valence-electron chi connectivity index (χ4n) is 1.72. The molecule has 2 aromatic rings. The molecule has 0 bridgehead atoms. The highest BCUT2D eigenvalue weighted by Crippen LogP contribution is 2.31. The van der Waals surface area contributed by atoms with Gasteiger partial charge in [-0.15, -0.1) is 0 Å². The molecule has 0 aliphatic carbocycles. The Kier molecular flexibility index (Phi) is 2.53. The molecule has 0 radical (unpaired) electrons. The van der Waals surface area contributed by atoms with Crippen molar-refractivity contribution in [2.75, 3.05) is 13.2 Å². The molecule has 90 valence electrons. The van der Waals surface area contributed by atoms with Gasteiger partial charge in [-0.25, -0.2) is 0 Å². The fourth-order valence-corrected chi connectivity index (χ4v) is 1.72. The second-order valence-electron chi connectivity index (χ2n) is 4.27. The van der Waals surface area contributed by atoms with Gasteiger partial charge in [0.1, 0.15) is 24.6 Å². The fraction of sp³-hybridized carbons (Fsp3) is 0.385. The third-order valence-electron chi connectivity index (χ3n) is 2.77. The van der Waals surface area contributed by atoms with Crippen LogP contribution in [0.5, 0.6) is 5.75 Å². The minimum absolute atomic E-state index is 0.219. The summed E-state index contributed by atoms with van der Waals surface area (Å²) >= 11 is 0. The average molecular weight is 234 g/mol. The second-order valence-corrected chi connectivity index (χ2v) is 4.27. The molecule has 1 N–H and O–H groups in total. The van der Waals surface area contributed by atoms with Crippen molar-refractivity contribution in [3.8, 4) is 5.75 Å². The van der Waals surface area contributed by atoms with E-state index in [0.717, 1.165) is 12.0 Å². The summed E-state index contributed by atoms with van der Waals surface area (Å²) in [5.74, 6) is 1.25. The van der Waals surface area contributed by atoms with E-state index in [1.165, 1.54) is 0 Å². The number of ether oxygens (including phenoxy) is 2. The molecule has 1 aliphatic rings. The molecule has 17 heavy (non-hydrogen) atoms. The predicted molar refractivity (Wildman–Crippen MR) is 62.1 cm³/mol. The molecule has 1 aliphatic heterocycles. The molecule has 3 rings (SSSR count). The number of furan rings is 1. The van der Waals surface area contributed by atoms with Gasteiger partial charge in [-0.2, -0.15) is 0 Å². The minimum Gasteiger partial charge on any atom is -0.487 e. The number of hydrogen-bond acceptors (Lipinski definition) is 4. The van der Waals surface area contributed by atoms with E-state index in [9.17, 15) is 5.11 Å². The Balaban J connectivity index is 1.92. The normalized spacial score (nSPS) is 20.5. The lowest BCUT2D eigenvalue weighted by atomic mass is 10.2. The molecular formula is C13H14O4. The predicted octanol–water partition coefficient (Wildman–Crippen LogP) is 2.26. The second kappa shape index (κ2) is 4.05. The van der Waals surface area contributed by atoms with Crippen LogP contribution in [0.2, 0.25) is 0 Å². The number of fused-ring (bicyclic) bond motifs is 1. The minimum atomic E-state index is -0.609. The van der Waals surface area contributed by atoms with Gasteiger partial charge in [0.15, 0.2) is 11.3 Å². The number of epoxide rings is 1. The van der Waals surface area contributed by atoms with E-state index in [0.29, 0.717) is 23.7 Å². The van der Waals surface area contributed by atoms with Gasteiger partial charge in [-0.1, -0.05) is 12.1 Å². The molecule has 1 aromatic heterocycles. The number of para-hydroxylation sites is 1. The highest BCUT2D eigenvalue weighted by Gasteiger charge is 2.23. The summed E-state index contributed by atoms with van der Waals surface area (Å²) < 4.78 is 16.3. The van der Waals surface area contributed by atoms with E-state index >= 15 is 0 Å². The first-order valence-electron chi connectivity index (χ1n) is 5.69. The summed E-state index contributed by atoms with van der Waals surface area (Å²) in [6.07, 6.45) is -0.390. The molecule has 2 heterocycles. The van der Waals surface area contributed by atoms with Crippen LogP contribution < -0.4 is 4.74 Å². The summed E-state index contributed by atoms with van der Waals surface area (Å²) in [6, 6.07) is 7.54. The van der Waals surface area contributed by atoms with Gasteiger partial charge in [-0.05, 0) is 19.1 Å². The lowest BCUT2D eigenvalue weighted by molar-refractivity contribution is 0.171. The molecule has 1 aromatic carbocycles. The summed E-state index contributed by atoms with van der Waals surface area (Å²) in [7, 11) is 0. The van der Waals surface area contributed by atoms with E-state index in [4.69, 9.17) is 13.9 Å². The van der Waals surface area contributed by atoms with Gasteiger partial charge in [0, 0.05) is 5.39 Å². The molecule has 1 saturated heterocycles. The lowest BCUT2D eigenvalue weighted by Crippen LogP contribution is -2.03. The molecule has 1 fully saturated rings. The van der Waals surface area contributed by atoms with Crippen LogP contribution in [0.15, 0.2) is 28.7 Å². The zero-order chi connectivity index (χ0) is 11.8. The smallest absolute Gasteiger partial charge is 0.176 e. The SMILES string of the molecule is CC(O)c1cc2cccc(OCC3CO3)c2o1. The van der Waals surface area contributed by atoms with E-state index in [1.54, 1.807) is 6.92 Å². The van der Waals surface area contributed by atoms with Crippen LogP contribution in [-0.2, 0) is 4.74 Å². The van der Waals surface area contributed by atoms with Crippen LogP contribution in [0.3, 0.4) is 0 Å². The zero-order valence-electron chi connectivity index (χ0n) is 9.55. The van der Waals surface area contributed by atoms with Crippen molar-refractivity contribution in [3.05, 3.63) is 30.0 Å². The number of rotatable bonds is 4. The molecule has 0 saturated carbocycles. The van der Waals surface area contributed by atoms with Gasteiger partial charge in [-0.3, -0.25) is 0 Å². The summed E-state index contributed by atoms with van der Waals surface area (Å²) in [4.78, 5) is 0. The highest BCUT2D eigenvalue weighted by atomic mass is 16.6. The summed E-state index contributed by atoms with van der Waals surface area (Å²) in [5.41, 5.74) is 0.684. The standard InChI is InChI=1S/C13H14O4/c1-8(14)12-5-9-3-2-4-11(13(9)17-12)16-7-10-6-15-10/h2-5,8,10,14H,6-7H2,1H3. The van der Waals surface area contributed by atoms with Crippen molar-refractivity contribution >= 4 is 11.0 Å². The summed E-state index contributed by atoms with van der Waals surface area (Å²) in [5, 5.41) is 10.4. The van der Waals surface area contributed by atoms with Crippen molar-refractivity contribution in [2.24, 2.45) is 0 Å². The largest absolute Gasteiger partial charge is 0.487 e. The molecule has 2 unspecified atom stereocenters. The van der Waals surface area contributed by atoms with Crippen LogP contribution in [-0.4, -0.2) is 24.4 Å². The maximum atomic E-state index is 9.49. The first kappa shape index (κ1) is 10.6. The number of aliphatic hydroxyl groups excluding tert-OH is 1. The van der Waals surface area contributed by atoms with E-state index in [1.807, 2.05) is 24.3 Å². The number of aliphatic hydroxyl groups is 1. The van der Waals surface area contributed by atoms with Gasteiger partial charge >= 0.3 is 0 Å². The van der Waals surface area contributed by atoms with Crippen molar-refractivity contribution in [1.82, 2.24) is 0 Å². The van der Waals surface area contributed by atoms with Crippen molar-refractivity contribution in [3.63, 3.8) is 0 Å². The monoisotopic (exact) mass is 234 g/mol. The van der Waals surface area contributed by atoms with Crippen molar-refractivity contribution in [1.29, 1.82) is 0 Å². The first-order chi connectivity index (χ1) is 8.24. The first-order valence-corrected chi connectivity index (χ1v) is 5.69. The Morgan fingerprint density at radius 3 is 3.06 bits per heavy atom. The maximum absolute atomic E-state index is 9.49. The molecule has 4 heteroatoms. The van der Waals surface area contributed by atoms with Gasteiger partial charge in [0.2, 0.25) is 0 Å². The number of hydrogen-bond donors (Lipinski definition) is 1. The Morgan fingerprint density at radius 1 is 1.53 bits per heavy atom. The van der Waals surface area contributed by atoms with Crippen LogP contribution in [0.25, 0.3) is 11.0 Å². The number of benzene rings is 1. The third-order valence-corrected chi connectivity index (χ3v) is 2.77. The molecule has 0 amide bonds. The van der Waals surface area contributed by atoms with Crippen LogP contribution in [0.1, 0.15) is 18.8 Å². The van der Waals surface area contributed by atoms with Gasteiger partial charge in [0.25, 0.3) is 0 Å². The zero-order valence-corrected chi connectivity index (χ0v) is 9.55. The van der Waals surface area contributed by atoms with E-state index in [-0.39, 0.29) is 6.10 Å². The topological polar surface area (TPSA) is 55.1 Å². The van der Waals surface area contributed by atoms with E-state index in [2.05, 4.69) is 0 Å². The Hall–Kier alpha value is -1.52. The molecule has 4 nitrogen and oxygen atoms in total. The Labute approximate surface area is 98.7 Å². The third kappa shape index (κ3) is 2.14. The average Bonchev–Trinajstić information content (AvgIpc) is 3.02. The van der Waals surface area contributed by atoms with Crippen molar-refractivity contribution < 1.29 is 19.0 Å².